The van der Waals surface area contributed by atoms with E-state index in [4.69, 9.17) is 9.84 Å². The number of hydrogen-bond donors (Lipinski definition) is 1. The molecule has 0 bridgehead atoms. The number of ketones is 1. The summed E-state index contributed by atoms with van der Waals surface area (Å²) in [4.78, 5) is 35.3. The topological polar surface area (TPSA) is 80.7 Å². The Bertz CT molecular complexity index is 807. The third-order valence-electron chi connectivity index (χ3n) is 3.86. The highest BCUT2D eigenvalue weighted by atomic mass is 16.5. The van der Waals surface area contributed by atoms with Crippen LogP contribution in [0.1, 0.15) is 46.5 Å². The van der Waals surface area contributed by atoms with Crippen molar-refractivity contribution < 1.29 is 24.2 Å². The number of rotatable bonds is 7. The maximum atomic E-state index is 12.5. The highest BCUT2D eigenvalue weighted by molar-refractivity contribution is 6.10. The van der Waals surface area contributed by atoms with Crippen molar-refractivity contribution in [1.29, 1.82) is 0 Å². The molecule has 0 radical (unpaired) electrons. The largest absolute Gasteiger partial charge is 0.478 e. The molecule has 1 N–H and O–H groups in total. The summed E-state index contributed by atoms with van der Waals surface area (Å²) in [7, 11) is 0. The Labute approximate surface area is 146 Å². The molecular formula is C20H20O5. The van der Waals surface area contributed by atoms with Gasteiger partial charge in [-0.2, -0.15) is 0 Å². The molecule has 0 aliphatic rings. The van der Waals surface area contributed by atoms with Gasteiger partial charge in [-0.15, -0.1) is 0 Å². The molecule has 0 fully saturated rings. The van der Waals surface area contributed by atoms with E-state index in [9.17, 15) is 14.4 Å². The van der Waals surface area contributed by atoms with Crippen LogP contribution in [0.5, 0.6) is 0 Å². The van der Waals surface area contributed by atoms with Crippen molar-refractivity contribution in [3.8, 4) is 11.1 Å². The number of aryl methyl sites for hydroxylation is 1. The molecular weight excluding hydrogens is 320 g/mol. The molecule has 25 heavy (non-hydrogen) atoms. The van der Waals surface area contributed by atoms with Crippen LogP contribution in [0.3, 0.4) is 0 Å². The smallest absolute Gasteiger partial charge is 0.335 e. The molecule has 0 aromatic heterocycles. The van der Waals surface area contributed by atoms with Crippen LogP contribution in [0.15, 0.2) is 42.5 Å². The first-order chi connectivity index (χ1) is 12.0. The summed E-state index contributed by atoms with van der Waals surface area (Å²) < 4.78 is 4.84. The van der Waals surface area contributed by atoms with Crippen LogP contribution in [0.2, 0.25) is 0 Å². The molecule has 0 amide bonds. The molecule has 2 aromatic rings. The van der Waals surface area contributed by atoms with E-state index in [-0.39, 0.29) is 24.4 Å². The van der Waals surface area contributed by atoms with Crippen molar-refractivity contribution in [3.05, 3.63) is 59.2 Å². The summed E-state index contributed by atoms with van der Waals surface area (Å²) in [5.41, 5.74) is 2.94. The molecule has 5 nitrogen and oxygen atoms in total. The number of carboxylic acids is 1. The van der Waals surface area contributed by atoms with E-state index in [0.717, 1.165) is 11.1 Å². The lowest BCUT2D eigenvalue weighted by Gasteiger charge is -2.13. The fraction of sp³-hybridized carbons (Fsp3) is 0.250. The van der Waals surface area contributed by atoms with Crippen LogP contribution < -0.4 is 0 Å². The van der Waals surface area contributed by atoms with Gasteiger partial charge < -0.3 is 9.84 Å². The zero-order valence-corrected chi connectivity index (χ0v) is 14.2. The Kier molecular flexibility index (Phi) is 6.06. The van der Waals surface area contributed by atoms with Gasteiger partial charge in [-0.05, 0) is 42.2 Å². The molecule has 0 saturated carbocycles. The molecule has 0 aliphatic heterocycles. The van der Waals surface area contributed by atoms with Crippen molar-refractivity contribution in [1.82, 2.24) is 0 Å². The Morgan fingerprint density at radius 1 is 1.00 bits per heavy atom. The third-order valence-corrected chi connectivity index (χ3v) is 3.86. The summed E-state index contributed by atoms with van der Waals surface area (Å²) in [6.45, 7) is 3.84. The maximum absolute atomic E-state index is 12.5. The van der Waals surface area contributed by atoms with Crippen molar-refractivity contribution in [2.24, 2.45) is 0 Å². The molecule has 0 unspecified atom stereocenters. The number of carbonyl (C=O) groups is 3. The van der Waals surface area contributed by atoms with Gasteiger partial charge in [0.2, 0.25) is 0 Å². The van der Waals surface area contributed by atoms with E-state index in [1.54, 1.807) is 43.3 Å². The first-order valence-electron chi connectivity index (χ1n) is 8.12. The maximum Gasteiger partial charge on any atom is 0.335 e. The molecule has 0 heterocycles. The molecule has 0 spiro atoms. The first kappa shape index (κ1) is 18.4. The molecule has 0 atom stereocenters. The van der Waals surface area contributed by atoms with Gasteiger partial charge >= 0.3 is 11.9 Å². The SMILES string of the molecule is CCOC(=O)CC(=O)c1ccccc1-c1ccc(C(=O)O)cc1CC. The van der Waals surface area contributed by atoms with E-state index >= 15 is 0 Å². The average molecular weight is 340 g/mol. The molecule has 2 aromatic carbocycles. The second kappa shape index (κ2) is 8.24. The fourth-order valence-electron chi connectivity index (χ4n) is 2.68. The Hall–Kier alpha value is -2.95. The summed E-state index contributed by atoms with van der Waals surface area (Å²) in [5, 5.41) is 9.15. The normalized spacial score (nSPS) is 10.3. The lowest BCUT2D eigenvalue weighted by molar-refractivity contribution is -0.141. The zero-order valence-electron chi connectivity index (χ0n) is 14.2. The Morgan fingerprint density at radius 3 is 2.36 bits per heavy atom. The van der Waals surface area contributed by atoms with Gasteiger partial charge in [0.05, 0.1) is 12.2 Å². The van der Waals surface area contributed by atoms with E-state index in [0.29, 0.717) is 17.5 Å². The minimum Gasteiger partial charge on any atom is -0.478 e. The van der Waals surface area contributed by atoms with Crippen molar-refractivity contribution >= 4 is 17.7 Å². The summed E-state index contributed by atoms with van der Waals surface area (Å²) in [6.07, 6.45) is 0.302. The quantitative estimate of drug-likeness (QED) is 0.472. The Balaban J connectivity index is 2.46. The van der Waals surface area contributed by atoms with Gasteiger partial charge in [-0.3, -0.25) is 9.59 Å². The number of aromatic carboxylic acids is 1. The minimum atomic E-state index is -0.993. The van der Waals surface area contributed by atoms with E-state index in [2.05, 4.69) is 0 Å². The van der Waals surface area contributed by atoms with E-state index in [1.807, 2.05) is 6.92 Å². The number of Topliss-reactive ketones (excluding diaryl/α,β-unsaturated/α-hetero) is 1. The van der Waals surface area contributed by atoms with Gasteiger partial charge in [0.1, 0.15) is 6.42 Å². The second-order valence-electron chi connectivity index (χ2n) is 5.48. The number of benzene rings is 2. The van der Waals surface area contributed by atoms with Crippen molar-refractivity contribution in [2.75, 3.05) is 6.61 Å². The van der Waals surface area contributed by atoms with Gasteiger partial charge in [-0.1, -0.05) is 37.3 Å². The van der Waals surface area contributed by atoms with Gasteiger partial charge in [-0.25, -0.2) is 4.79 Å². The zero-order chi connectivity index (χ0) is 18.4. The fourth-order valence-corrected chi connectivity index (χ4v) is 2.68. The Morgan fingerprint density at radius 2 is 1.72 bits per heavy atom. The van der Waals surface area contributed by atoms with Crippen LogP contribution in [-0.2, 0) is 16.0 Å². The summed E-state index contributed by atoms with van der Waals surface area (Å²) >= 11 is 0. The second-order valence-corrected chi connectivity index (χ2v) is 5.48. The number of esters is 1. The summed E-state index contributed by atoms with van der Waals surface area (Å²) in [5.74, 6) is -1.87. The van der Waals surface area contributed by atoms with Crippen LogP contribution in [0.25, 0.3) is 11.1 Å². The van der Waals surface area contributed by atoms with Crippen molar-refractivity contribution in [2.45, 2.75) is 26.7 Å². The van der Waals surface area contributed by atoms with Gasteiger partial charge in [0, 0.05) is 5.56 Å². The average Bonchev–Trinajstić information content (AvgIpc) is 2.61. The minimum absolute atomic E-state index is 0.205. The standard InChI is InChI=1S/C20H20O5/c1-3-13-11-14(20(23)24)9-10-15(13)16-7-5-6-8-17(16)18(21)12-19(22)25-4-2/h5-11H,3-4,12H2,1-2H3,(H,23,24). The van der Waals surface area contributed by atoms with Gasteiger partial charge in [0.15, 0.2) is 5.78 Å². The molecule has 0 aliphatic carbocycles. The third kappa shape index (κ3) is 4.32. The predicted molar refractivity (Wildman–Crippen MR) is 93.8 cm³/mol. The van der Waals surface area contributed by atoms with Gasteiger partial charge in [0.25, 0.3) is 0 Å². The van der Waals surface area contributed by atoms with E-state index in [1.165, 1.54) is 6.07 Å². The highest BCUT2D eigenvalue weighted by Crippen LogP contribution is 2.29. The predicted octanol–water partition coefficient (Wildman–Crippen LogP) is 3.75. The van der Waals surface area contributed by atoms with Crippen molar-refractivity contribution in [3.63, 3.8) is 0 Å². The number of ether oxygens (including phenoxy) is 1. The van der Waals surface area contributed by atoms with Crippen LogP contribution in [0.4, 0.5) is 0 Å². The molecule has 5 heteroatoms. The molecule has 130 valence electrons. The van der Waals surface area contributed by atoms with Crippen LogP contribution in [-0.4, -0.2) is 29.4 Å². The van der Waals surface area contributed by atoms with Crippen LogP contribution in [0, 0.1) is 0 Å². The lowest BCUT2D eigenvalue weighted by atomic mass is 9.91. The number of carboxylic acid groups (broad SMARTS) is 1. The first-order valence-corrected chi connectivity index (χ1v) is 8.12. The lowest BCUT2D eigenvalue weighted by Crippen LogP contribution is -2.12. The number of hydrogen-bond acceptors (Lipinski definition) is 4. The van der Waals surface area contributed by atoms with E-state index < -0.39 is 11.9 Å². The molecule has 0 saturated heterocycles. The highest BCUT2D eigenvalue weighted by Gasteiger charge is 2.18. The number of carbonyl (C=O) groups excluding carboxylic acids is 2. The monoisotopic (exact) mass is 340 g/mol. The van der Waals surface area contributed by atoms with Crippen LogP contribution >= 0.6 is 0 Å². The summed E-state index contributed by atoms with van der Waals surface area (Å²) in [6, 6.07) is 11.8. The molecule has 2 rings (SSSR count).